The normalized spacial score (nSPS) is 11.9. The molecule has 0 saturated heterocycles. The fraction of sp³-hybridized carbons (Fsp3) is 0.190. The van der Waals surface area contributed by atoms with E-state index < -0.39 is 10.8 Å². The second-order valence-electron chi connectivity index (χ2n) is 6.07. The average Bonchev–Trinajstić information content (AvgIpc) is 3.17. The van der Waals surface area contributed by atoms with Crippen LogP contribution in [0.2, 0.25) is 5.02 Å². The summed E-state index contributed by atoms with van der Waals surface area (Å²) < 4.78 is 18.0. The fourth-order valence-electron chi connectivity index (χ4n) is 2.60. The largest absolute Gasteiger partial charge is 0.455 e. The van der Waals surface area contributed by atoms with Crippen LogP contribution in [0.3, 0.4) is 0 Å². The van der Waals surface area contributed by atoms with Gasteiger partial charge in [0, 0.05) is 21.4 Å². The number of benzene rings is 2. The summed E-state index contributed by atoms with van der Waals surface area (Å²) in [5, 5.41) is 3.39. The highest BCUT2D eigenvalue weighted by molar-refractivity contribution is 7.98. The quantitative estimate of drug-likeness (QED) is 0.511. The minimum absolute atomic E-state index is 0.190. The van der Waals surface area contributed by atoms with Crippen molar-refractivity contribution in [2.24, 2.45) is 0 Å². The number of amides is 1. The molecule has 1 aromatic heterocycles. The lowest BCUT2D eigenvalue weighted by Gasteiger charge is -2.05. The molecule has 3 rings (SSSR count). The number of carbonyl (C=O) groups excluding carboxylic acids is 1. The first kappa shape index (κ1) is 20.7. The number of halogens is 1. The van der Waals surface area contributed by atoms with Crippen LogP contribution in [0.4, 0.5) is 0 Å². The van der Waals surface area contributed by atoms with Gasteiger partial charge in [0.15, 0.2) is 5.76 Å². The first-order valence-corrected chi connectivity index (χ1v) is 11.6. The molecule has 0 spiro atoms. The first-order chi connectivity index (χ1) is 13.5. The number of nitrogens with one attached hydrogen (secondary N) is 1. The molecule has 1 N–H and O–H groups in total. The van der Waals surface area contributed by atoms with E-state index in [0.717, 1.165) is 12.0 Å². The van der Waals surface area contributed by atoms with E-state index in [4.69, 9.17) is 16.0 Å². The maximum Gasteiger partial charge on any atom is 0.287 e. The Balaban J connectivity index is 1.51. The van der Waals surface area contributed by atoms with Crippen molar-refractivity contribution >= 4 is 40.1 Å². The van der Waals surface area contributed by atoms with Crippen LogP contribution in [0.5, 0.6) is 0 Å². The van der Waals surface area contributed by atoms with Gasteiger partial charge >= 0.3 is 0 Å². The standard InChI is InChI=1S/C21H20ClNO3S2/c1-27-18-8-5-15(6-9-18)11-12-23-21(24)20-10-7-17(26-20)14-28(25)19-4-2-3-16(22)13-19/h2-10,13H,11-12,14H2,1H3,(H,23,24)/t28-/m1/s1. The lowest BCUT2D eigenvalue weighted by atomic mass is 10.1. The summed E-state index contributed by atoms with van der Waals surface area (Å²) in [6.45, 7) is 0.516. The Bertz CT molecular complexity index is 970. The highest BCUT2D eigenvalue weighted by atomic mass is 35.5. The van der Waals surface area contributed by atoms with E-state index in [1.165, 1.54) is 4.90 Å². The Morgan fingerprint density at radius 1 is 1.14 bits per heavy atom. The predicted molar refractivity (Wildman–Crippen MR) is 115 cm³/mol. The van der Waals surface area contributed by atoms with Gasteiger partial charge in [0.1, 0.15) is 5.76 Å². The lowest BCUT2D eigenvalue weighted by molar-refractivity contribution is 0.0925. The van der Waals surface area contributed by atoms with Crippen LogP contribution in [0, 0.1) is 0 Å². The average molecular weight is 434 g/mol. The number of hydrogen-bond acceptors (Lipinski definition) is 4. The molecule has 3 aromatic rings. The summed E-state index contributed by atoms with van der Waals surface area (Å²) in [4.78, 5) is 14.1. The van der Waals surface area contributed by atoms with E-state index in [2.05, 4.69) is 29.6 Å². The van der Waals surface area contributed by atoms with Crippen molar-refractivity contribution in [3.05, 3.63) is 82.8 Å². The van der Waals surface area contributed by atoms with E-state index in [1.54, 1.807) is 48.2 Å². The third-order valence-electron chi connectivity index (χ3n) is 4.08. The fourth-order valence-corrected chi connectivity index (χ4v) is 4.33. The van der Waals surface area contributed by atoms with Crippen LogP contribution in [0.1, 0.15) is 21.9 Å². The van der Waals surface area contributed by atoms with Crippen LogP contribution >= 0.6 is 23.4 Å². The molecule has 0 aliphatic heterocycles. The highest BCUT2D eigenvalue weighted by Gasteiger charge is 2.13. The van der Waals surface area contributed by atoms with E-state index in [9.17, 15) is 9.00 Å². The molecule has 2 aromatic carbocycles. The van der Waals surface area contributed by atoms with Gasteiger partial charge in [-0.3, -0.25) is 9.00 Å². The molecule has 146 valence electrons. The zero-order chi connectivity index (χ0) is 19.9. The van der Waals surface area contributed by atoms with Gasteiger partial charge < -0.3 is 9.73 Å². The number of thioether (sulfide) groups is 1. The third kappa shape index (κ3) is 5.74. The second kappa shape index (κ2) is 9.96. The molecule has 0 bridgehead atoms. The molecule has 1 atom stereocenters. The van der Waals surface area contributed by atoms with Crippen molar-refractivity contribution in [2.45, 2.75) is 22.0 Å². The van der Waals surface area contributed by atoms with Crippen molar-refractivity contribution in [1.82, 2.24) is 5.32 Å². The zero-order valence-corrected chi connectivity index (χ0v) is 17.7. The summed E-state index contributed by atoms with van der Waals surface area (Å²) in [5.74, 6) is 0.627. The van der Waals surface area contributed by atoms with E-state index in [-0.39, 0.29) is 17.4 Å². The van der Waals surface area contributed by atoms with Gasteiger partial charge in [-0.15, -0.1) is 11.8 Å². The molecule has 0 unspecified atom stereocenters. The van der Waals surface area contributed by atoms with Gasteiger partial charge in [-0.25, -0.2) is 0 Å². The maximum absolute atomic E-state index is 12.4. The monoisotopic (exact) mass is 433 g/mol. The molecular weight excluding hydrogens is 414 g/mol. The summed E-state index contributed by atoms with van der Waals surface area (Å²) >= 11 is 7.63. The van der Waals surface area contributed by atoms with E-state index >= 15 is 0 Å². The topological polar surface area (TPSA) is 59.3 Å². The molecule has 0 aliphatic carbocycles. The van der Waals surface area contributed by atoms with Crippen molar-refractivity contribution < 1.29 is 13.4 Å². The van der Waals surface area contributed by atoms with Crippen molar-refractivity contribution in [3.63, 3.8) is 0 Å². The lowest BCUT2D eigenvalue weighted by Crippen LogP contribution is -2.25. The maximum atomic E-state index is 12.4. The van der Waals surface area contributed by atoms with Crippen molar-refractivity contribution in [2.75, 3.05) is 12.8 Å². The zero-order valence-electron chi connectivity index (χ0n) is 15.3. The molecule has 0 radical (unpaired) electrons. The minimum Gasteiger partial charge on any atom is -0.455 e. The second-order valence-corrected chi connectivity index (χ2v) is 8.83. The SMILES string of the molecule is CSc1ccc(CCNC(=O)c2ccc(C[S@@](=O)c3cccc(Cl)c3)o2)cc1. The summed E-state index contributed by atoms with van der Waals surface area (Å²) in [5.41, 5.74) is 1.16. The van der Waals surface area contributed by atoms with Crippen LogP contribution in [0.15, 0.2) is 74.9 Å². The Morgan fingerprint density at radius 3 is 2.64 bits per heavy atom. The molecule has 1 amide bonds. The van der Waals surface area contributed by atoms with E-state index in [1.807, 2.05) is 6.26 Å². The Morgan fingerprint density at radius 2 is 1.93 bits per heavy atom. The third-order valence-corrected chi connectivity index (χ3v) is 6.38. The Labute approximate surface area is 176 Å². The molecule has 1 heterocycles. The van der Waals surface area contributed by atoms with Gasteiger partial charge in [0.05, 0.1) is 16.6 Å². The molecule has 28 heavy (non-hydrogen) atoms. The highest BCUT2D eigenvalue weighted by Crippen LogP contribution is 2.18. The van der Waals surface area contributed by atoms with Gasteiger partial charge in [-0.2, -0.15) is 0 Å². The minimum atomic E-state index is -1.29. The van der Waals surface area contributed by atoms with Crippen LogP contribution in [-0.4, -0.2) is 22.9 Å². The molecule has 0 saturated carbocycles. The molecule has 7 heteroatoms. The van der Waals surface area contributed by atoms with Crippen LogP contribution < -0.4 is 5.32 Å². The summed E-state index contributed by atoms with van der Waals surface area (Å²) in [6, 6.07) is 18.5. The van der Waals surface area contributed by atoms with Crippen LogP contribution in [-0.2, 0) is 23.0 Å². The molecular formula is C21H20ClNO3S2. The predicted octanol–water partition coefficient (Wildman–Crippen LogP) is 4.94. The molecule has 4 nitrogen and oxygen atoms in total. The number of furan rings is 1. The van der Waals surface area contributed by atoms with Crippen LogP contribution in [0.25, 0.3) is 0 Å². The van der Waals surface area contributed by atoms with Gasteiger partial charge in [0.2, 0.25) is 0 Å². The van der Waals surface area contributed by atoms with Gasteiger partial charge in [-0.1, -0.05) is 29.8 Å². The number of hydrogen-bond donors (Lipinski definition) is 1. The van der Waals surface area contributed by atoms with Gasteiger partial charge in [0.25, 0.3) is 5.91 Å². The number of rotatable bonds is 8. The smallest absolute Gasteiger partial charge is 0.287 e. The van der Waals surface area contributed by atoms with Crippen molar-refractivity contribution in [3.8, 4) is 0 Å². The number of carbonyl (C=O) groups is 1. The Kier molecular flexibility index (Phi) is 7.36. The first-order valence-electron chi connectivity index (χ1n) is 8.69. The molecule has 0 fully saturated rings. The summed E-state index contributed by atoms with van der Waals surface area (Å²) in [6.07, 6.45) is 2.78. The van der Waals surface area contributed by atoms with E-state index in [0.29, 0.717) is 22.2 Å². The summed E-state index contributed by atoms with van der Waals surface area (Å²) in [7, 11) is -1.29. The van der Waals surface area contributed by atoms with Gasteiger partial charge in [-0.05, 0) is 60.7 Å². The Hall–Kier alpha value is -2.02. The molecule has 0 aliphatic rings. The van der Waals surface area contributed by atoms with Crippen molar-refractivity contribution in [1.29, 1.82) is 0 Å².